The highest BCUT2D eigenvalue weighted by atomic mass is 16.5. The first-order chi connectivity index (χ1) is 8.81. The molecule has 0 amide bonds. The number of benzene rings is 1. The van der Waals surface area contributed by atoms with Gasteiger partial charge < -0.3 is 14.8 Å². The van der Waals surface area contributed by atoms with Crippen LogP contribution in [0.2, 0.25) is 0 Å². The van der Waals surface area contributed by atoms with Crippen LogP contribution in [0.4, 0.5) is 0 Å². The van der Waals surface area contributed by atoms with Gasteiger partial charge in [0.1, 0.15) is 0 Å². The third-order valence-electron chi connectivity index (χ3n) is 3.00. The fourth-order valence-corrected chi connectivity index (χ4v) is 2.16. The Kier molecular flexibility index (Phi) is 4.73. The highest BCUT2D eigenvalue weighted by Crippen LogP contribution is 2.25. The maximum absolute atomic E-state index is 11.2. The van der Waals surface area contributed by atoms with Crippen LogP contribution >= 0.6 is 0 Å². The molecule has 0 aliphatic carbocycles. The number of rotatable bonds is 5. The number of hydrogen-bond donors (Lipinski definition) is 1. The monoisotopic (exact) mass is 249 g/mol. The van der Waals surface area contributed by atoms with Crippen LogP contribution in [-0.4, -0.2) is 32.3 Å². The van der Waals surface area contributed by atoms with Gasteiger partial charge in [-0.1, -0.05) is 24.3 Å². The summed E-state index contributed by atoms with van der Waals surface area (Å²) >= 11 is 0. The molecule has 98 valence electrons. The third-order valence-corrected chi connectivity index (χ3v) is 3.00. The van der Waals surface area contributed by atoms with Gasteiger partial charge in [-0.3, -0.25) is 4.79 Å². The molecule has 1 aliphatic rings. The summed E-state index contributed by atoms with van der Waals surface area (Å²) in [4.78, 5) is 11.2. The summed E-state index contributed by atoms with van der Waals surface area (Å²) in [6.45, 7) is 3.83. The zero-order chi connectivity index (χ0) is 12.8. The average molecular weight is 249 g/mol. The van der Waals surface area contributed by atoms with Crippen molar-refractivity contribution in [1.82, 2.24) is 5.32 Å². The maximum atomic E-state index is 11.2. The highest BCUT2D eigenvalue weighted by Gasteiger charge is 2.20. The first kappa shape index (κ1) is 13.1. The molecule has 1 atom stereocenters. The molecule has 1 heterocycles. The second-order valence-electron chi connectivity index (χ2n) is 4.24. The summed E-state index contributed by atoms with van der Waals surface area (Å²) in [5.74, 6) is -0.221. The van der Waals surface area contributed by atoms with E-state index in [2.05, 4.69) is 17.4 Å². The van der Waals surface area contributed by atoms with E-state index in [0.29, 0.717) is 13.2 Å². The molecular weight excluding hydrogens is 230 g/mol. The molecule has 1 aromatic rings. The number of ether oxygens (including phenoxy) is 2. The van der Waals surface area contributed by atoms with Crippen molar-refractivity contribution < 1.29 is 14.3 Å². The Hall–Kier alpha value is -1.39. The summed E-state index contributed by atoms with van der Waals surface area (Å²) in [6.07, 6.45) is 0.995. The predicted molar refractivity (Wildman–Crippen MR) is 68.3 cm³/mol. The van der Waals surface area contributed by atoms with Gasteiger partial charge in [0.05, 0.1) is 25.9 Å². The molecule has 0 radical (unpaired) electrons. The summed E-state index contributed by atoms with van der Waals surface area (Å²) in [5, 5.41) is 3.08. The zero-order valence-corrected chi connectivity index (χ0v) is 10.6. The molecule has 0 aromatic heterocycles. The summed E-state index contributed by atoms with van der Waals surface area (Å²) in [5.41, 5.74) is 2.56. The zero-order valence-electron chi connectivity index (χ0n) is 10.6. The minimum absolute atomic E-state index is 0.0318. The molecule has 4 nitrogen and oxygen atoms in total. The SMILES string of the molecule is CCOC(=O)CNCC1OCCc2ccccc21. The lowest BCUT2D eigenvalue weighted by Crippen LogP contribution is -2.31. The second kappa shape index (κ2) is 6.52. The van der Waals surface area contributed by atoms with Gasteiger partial charge in [-0.15, -0.1) is 0 Å². The number of fused-ring (bicyclic) bond motifs is 1. The normalized spacial score (nSPS) is 18.2. The molecule has 1 aliphatic heterocycles. The van der Waals surface area contributed by atoms with Crippen molar-refractivity contribution in [2.75, 3.05) is 26.3 Å². The second-order valence-corrected chi connectivity index (χ2v) is 4.24. The van der Waals surface area contributed by atoms with Crippen LogP contribution in [0.5, 0.6) is 0 Å². The van der Waals surface area contributed by atoms with Crippen LogP contribution in [0.15, 0.2) is 24.3 Å². The van der Waals surface area contributed by atoms with E-state index >= 15 is 0 Å². The van der Waals surface area contributed by atoms with Crippen LogP contribution in [-0.2, 0) is 20.7 Å². The largest absolute Gasteiger partial charge is 0.465 e. The van der Waals surface area contributed by atoms with Gasteiger partial charge in [-0.05, 0) is 24.5 Å². The Morgan fingerprint density at radius 1 is 1.50 bits per heavy atom. The fourth-order valence-electron chi connectivity index (χ4n) is 2.16. The number of hydrogen-bond acceptors (Lipinski definition) is 4. The molecule has 0 bridgehead atoms. The van der Waals surface area contributed by atoms with E-state index in [9.17, 15) is 4.79 Å². The van der Waals surface area contributed by atoms with Crippen molar-refractivity contribution in [3.05, 3.63) is 35.4 Å². The molecule has 1 unspecified atom stereocenters. The summed E-state index contributed by atoms with van der Waals surface area (Å²) in [7, 11) is 0. The molecule has 0 saturated heterocycles. The smallest absolute Gasteiger partial charge is 0.319 e. The van der Waals surface area contributed by atoms with E-state index < -0.39 is 0 Å². The lowest BCUT2D eigenvalue weighted by molar-refractivity contribution is -0.142. The maximum Gasteiger partial charge on any atom is 0.319 e. The topological polar surface area (TPSA) is 47.6 Å². The van der Waals surface area contributed by atoms with Crippen LogP contribution < -0.4 is 5.32 Å². The molecule has 18 heavy (non-hydrogen) atoms. The molecule has 0 spiro atoms. The van der Waals surface area contributed by atoms with Crippen molar-refractivity contribution in [3.63, 3.8) is 0 Å². The van der Waals surface area contributed by atoms with Crippen molar-refractivity contribution in [2.45, 2.75) is 19.4 Å². The van der Waals surface area contributed by atoms with E-state index in [4.69, 9.17) is 9.47 Å². The summed E-state index contributed by atoms with van der Waals surface area (Å²) in [6, 6.07) is 8.29. The van der Waals surface area contributed by atoms with Crippen molar-refractivity contribution >= 4 is 5.97 Å². The van der Waals surface area contributed by atoms with E-state index in [1.807, 2.05) is 12.1 Å². The predicted octanol–water partition coefficient (Wildman–Crippen LogP) is 1.45. The van der Waals surface area contributed by atoms with Crippen LogP contribution in [0.3, 0.4) is 0 Å². The van der Waals surface area contributed by atoms with E-state index in [1.54, 1.807) is 6.92 Å². The van der Waals surface area contributed by atoms with Crippen molar-refractivity contribution in [1.29, 1.82) is 0 Å². The van der Waals surface area contributed by atoms with Gasteiger partial charge in [0.25, 0.3) is 0 Å². The quantitative estimate of drug-likeness (QED) is 0.802. The highest BCUT2D eigenvalue weighted by molar-refractivity contribution is 5.71. The van der Waals surface area contributed by atoms with Crippen molar-refractivity contribution in [3.8, 4) is 0 Å². The van der Waals surface area contributed by atoms with E-state index in [-0.39, 0.29) is 18.6 Å². The minimum atomic E-state index is -0.221. The first-order valence-corrected chi connectivity index (χ1v) is 6.37. The Morgan fingerprint density at radius 2 is 2.33 bits per heavy atom. The van der Waals surface area contributed by atoms with Crippen molar-refractivity contribution in [2.24, 2.45) is 0 Å². The minimum Gasteiger partial charge on any atom is -0.465 e. The molecule has 4 heteroatoms. The number of carbonyl (C=O) groups is 1. The molecule has 0 fully saturated rings. The average Bonchev–Trinajstić information content (AvgIpc) is 2.39. The lowest BCUT2D eigenvalue weighted by atomic mass is 9.97. The molecule has 1 N–H and O–H groups in total. The van der Waals surface area contributed by atoms with E-state index in [1.165, 1.54) is 11.1 Å². The van der Waals surface area contributed by atoms with Gasteiger partial charge in [0.2, 0.25) is 0 Å². The van der Waals surface area contributed by atoms with Gasteiger partial charge in [0, 0.05) is 6.54 Å². The van der Waals surface area contributed by atoms with Crippen LogP contribution in [0.1, 0.15) is 24.2 Å². The van der Waals surface area contributed by atoms with E-state index in [0.717, 1.165) is 13.0 Å². The van der Waals surface area contributed by atoms with Crippen LogP contribution in [0, 0.1) is 0 Å². The Labute approximate surface area is 107 Å². The number of carbonyl (C=O) groups excluding carboxylic acids is 1. The lowest BCUT2D eigenvalue weighted by Gasteiger charge is -2.26. The standard InChI is InChI=1S/C14H19NO3/c1-2-17-14(16)10-15-9-13-12-6-4-3-5-11(12)7-8-18-13/h3-6,13,15H,2,7-10H2,1H3. The Bertz CT molecular complexity index is 406. The summed E-state index contributed by atoms with van der Waals surface area (Å²) < 4.78 is 10.6. The third kappa shape index (κ3) is 3.31. The van der Waals surface area contributed by atoms with Gasteiger partial charge in [-0.25, -0.2) is 0 Å². The fraction of sp³-hybridized carbons (Fsp3) is 0.500. The Morgan fingerprint density at radius 3 is 3.17 bits per heavy atom. The first-order valence-electron chi connectivity index (χ1n) is 6.37. The molecular formula is C14H19NO3. The Balaban J connectivity index is 1.86. The number of nitrogens with one attached hydrogen (secondary N) is 1. The van der Waals surface area contributed by atoms with Gasteiger partial charge in [0.15, 0.2) is 0 Å². The number of esters is 1. The van der Waals surface area contributed by atoms with Gasteiger partial charge in [-0.2, -0.15) is 0 Å². The molecule has 1 aromatic carbocycles. The van der Waals surface area contributed by atoms with Crippen LogP contribution in [0.25, 0.3) is 0 Å². The molecule has 2 rings (SSSR count). The van der Waals surface area contributed by atoms with Gasteiger partial charge >= 0.3 is 5.97 Å². The molecule has 0 saturated carbocycles.